The summed E-state index contributed by atoms with van der Waals surface area (Å²) in [7, 11) is 0. The van der Waals surface area contributed by atoms with Crippen LogP contribution in [0.1, 0.15) is 27.7 Å². The minimum atomic E-state index is -0.857. The van der Waals surface area contributed by atoms with Gasteiger partial charge in [-0.15, -0.1) is 11.3 Å². The molecule has 1 aliphatic heterocycles. The number of para-hydroxylation sites is 2. The van der Waals surface area contributed by atoms with E-state index in [9.17, 15) is 14.9 Å². The Hall–Kier alpha value is -3.05. The number of nitrogens with zero attached hydrogens (tertiary/aromatic N) is 1. The number of benzene rings is 1. The van der Waals surface area contributed by atoms with E-state index in [1.165, 1.54) is 0 Å². The van der Waals surface area contributed by atoms with Crippen LogP contribution in [0.15, 0.2) is 24.3 Å². The highest BCUT2D eigenvalue weighted by Crippen LogP contribution is 2.34. The van der Waals surface area contributed by atoms with E-state index in [-0.39, 0.29) is 18.8 Å². The van der Waals surface area contributed by atoms with E-state index >= 15 is 0 Å². The third kappa shape index (κ3) is 3.34. The van der Waals surface area contributed by atoms with Gasteiger partial charge in [-0.3, -0.25) is 4.79 Å². The maximum Gasteiger partial charge on any atom is 0.348 e. The first-order valence-electron chi connectivity index (χ1n) is 7.95. The van der Waals surface area contributed by atoms with Crippen LogP contribution < -0.4 is 14.8 Å². The summed E-state index contributed by atoms with van der Waals surface area (Å²) in [4.78, 5) is 24.8. The molecule has 0 saturated carbocycles. The number of anilines is 1. The fraction of sp³-hybridized carbons (Fsp3) is 0.278. The highest BCUT2D eigenvalue weighted by molar-refractivity contribution is 7.18. The maximum atomic E-state index is 12.5. The summed E-state index contributed by atoms with van der Waals surface area (Å²) < 4.78 is 16.2. The number of hydrogen-bond acceptors (Lipinski definition) is 7. The van der Waals surface area contributed by atoms with Gasteiger partial charge in [0, 0.05) is 0 Å². The van der Waals surface area contributed by atoms with Gasteiger partial charge in [0.15, 0.2) is 11.5 Å². The molecule has 0 fully saturated rings. The normalized spacial score (nSPS) is 15.0. The highest BCUT2D eigenvalue weighted by atomic mass is 32.1. The molecule has 2 heterocycles. The molecule has 8 heteroatoms. The zero-order chi connectivity index (χ0) is 18.7. The molecule has 3 rings (SSSR count). The minimum Gasteiger partial charge on any atom is -0.485 e. The van der Waals surface area contributed by atoms with Gasteiger partial charge in [-0.1, -0.05) is 12.1 Å². The van der Waals surface area contributed by atoms with Crippen LogP contribution in [0.4, 0.5) is 5.00 Å². The van der Waals surface area contributed by atoms with E-state index < -0.39 is 18.0 Å². The van der Waals surface area contributed by atoms with E-state index in [2.05, 4.69) is 5.32 Å². The van der Waals surface area contributed by atoms with Crippen LogP contribution in [0.5, 0.6) is 11.5 Å². The molecule has 0 bridgehead atoms. The molecule has 0 unspecified atom stereocenters. The summed E-state index contributed by atoms with van der Waals surface area (Å²) in [6.45, 7) is 3.63. The third-order valence-corrected chi connectivity index (χ3v) is 4.94. The number of carbonyl (C=O) groups excluding carboxylic acids is 2. The van der Waals surface area contributed by atoms with E-state index in [0.717, 1.165) is 11.3 Å². The Morgan fingerprint density at radius 1 is 1.38 bits per heavy atom. The van der Waals surface area contributed by atoms with Crippen molar-refractivity contribution in [3.63, 3.8) is 0 Å². The molecule has 0 radical (unpaired) electrons. The second-order valence-electron chi connectivity index (χ2n) is 5.45. The average Bonchev–Trinajstić information content (AvgIpc) is 2.96. The van der Waals surface area contributed by atoms with Crippen molar-refractivity contribution in [2.45, 2.75) is 20.0 Å². The van der Waals surface area contributed by atoms with Crippen LogP contribution in [-0.2, 0) is 9.53 Å². The van der Waals surface area contributed by atoms with Crippen molar-refractivity contribution in [1.82, 2.24) is 0 Å². The molecule has 2 aromatic rings. The lowest BCUT2D eigenvalue weighted by molar-refractivity contribution is -0.125. The molecule has 26 heavy (non-hydrogen) atoms. The van der Waals surface area contributed by atoms with Gasteiger partial charge in [0.1, 0.15) is 22.6 Å². The van der Waals surface area contributed by atoms with Crippen molar-refractivity contribution < 1.29 is 23.8 Å². The Labute approximate surface area is 154 Å². The summed E-state index contributed by atoms with van der Waals surface area (Å²) >= 11 is 1.01. The van der Waals surface area contributed by atoms with Crippen LogP contribution in [0, 0.1) is 18.3 Å². The molecule has 1 aromatic heterocycles. The van der Waals surface area contributed by atoms with Crippen molar-refractivity contribution in [1.29, 1.82) is 5.26 Å². The largest absolute Gasteiger partial charge is 0.485 e. The first-order chi connectivity index (χ1) is 12.5. The summed E-state index contributed by atoms with van der Waals surface area (Å²) in [5, 5.41) is 12.3. The third-order valence-electron chi connectivity index (χ3n) is 3.76. The number of nitriles is 1. The summed E-state index contributed by atoms with van der Waals surface area (Å²) in [5.41, 5.74) is 0.723. The fourth-order valence-corrected chi connectivity index (χ4v) is 3.52. The first kappa shape index (κ1) is 17.8. The Balaban J connectivity index is 1.79. The highest BCUT2D eigenvalue weighted by Gasteiger charge is 2.29. The standard InChI is InChI=1S/C18H16N2O5S/c1-3-23-18(22)15-10(2)11(8-19)17(26-15)20-16(21)14-9-24-12-6-4-5-7-13(12)25-14/h4-7,14H,3,9H2,1-2H3,(H,20,21)/t14-/m0/s1. The molecule has 7 nitrogen and oxygen atoms in total. The number of hydrogen-bond donors (Lipinski definition) is 1. The van der Waals surface area contributed by atoms with Gasteiger partial charge >= 0.3 is 5.97 Å². The van der Waals surface area contributed by atoms with Crippen LogP contribution >= 0.6 is 11.3 Å². The zero-order valence-corrected chi connectivity index (χ0v) is 15.0. The van der Waals surface area contributed by atoms with Crippen LogP contribution in [-0.4, -0.2) is 31.2 Å². The number of ether oxygens (including phenoxy) is 3. The van der Waals surface area contributed by atoms with Gasteiger partial charge in [-0.25, -0.2) is 4.79 Å². The minimum absolute atomic E-state index is 0.0554. The van der Waals surface area contributed by atoms with Crippen LogP contribution in [0.3, 0.4) is 0 Å². The topological polar surface area (TPSA) is 97.7 Å². The summed E-state index contributed by atoms with van der Waals surface area (Å²) in [5.74, 6) is 0.0886. The molecule has 1 amide bonds. The molecule has 1 atom stereocenters. The molecule has 1 aliphatic rings. The van der Waals surface area contributed by atoms with Gasteiger partial charge in [0.25, 0.3) is 5.91 Å². The Morgan fingerprint density at radius 2 is 2.12 bits per heavy atom. The van der Waals surface area contributed by atoms with E-state index in [4.69, 9.17) is 14.2 Å². The number of thiophene rings is 1. The second kappa shape index (κ2) is 7.45. The van der Waals surface area contributed by atoms with Gasteiger partial charge < -0.3 is 19.5 Å². The van der Waals surface area contributed by atoms with Crippen LogP contribution in [0.25, 0.3) is 0 Å². The molecular weight excluding hydrogens is 356 g/mol. The number of nitrogens with one attached hydrogen (secondary N) is 1. The second-order valence-corrected chi connectivity index (χ2v) is 6.47. The molecule has 1 N–H and O–H groups in total. The number of amides is 1. The molecule has 1 aromatic carbocycles. The van der Waals surface area contributed by atoms with Crippen molar-refractivity contribution in [3.05, 3.63) is 40.3 Å². The van der Waals surface area contributed by atoms with E-state index in [1.54, 1.807) is 32.0 Å². The summed E-state index contributed by atoms with van der Waals surface area (Å²) in [6.07, 6.45) is -0.857. The van der Waals surface area contributed by atoms with E-state index in [0.29, 0.717) is 26.9 Å². The van der Waals surface area contributed by atoms with Gasteiger partial charge in [0.05, 0.1) is 12.2 Å². The molecular formula is C18H16N2O5S. The van der Waals surface area contributed by atoms with Crippen molar-refractivity contribution in [3.8, 4) is 17.6 Å². The van der Waals surface area contributed by atoms with Gasteiger partial charge in [-0.2, -0.15) is 5.26 Å². The van der Waals surface area contributed by atoms with Crippen molar-refractivity contribution >= 4 is 28.2 Å². The smallest absolute Gasteiger partial charge is 0.348 e. The predicted molar refractivity (Wildman–Crippen MR) is 94.7 cm³/mol. The Morgan fingerprint density at radius 3 is 2.81 bits per heavy atom. The fourth-order valence-electron chi connectivity index (χ4n) is 2.47. The predicted octanol–water partition coefficient (Wildman–Crippen LogP) is 2.88. The Kier molecular flexibility index (Phi) is 5.09. The molecule has 0 spiro atoms. The summed E-state index contributed by atoms with van der Waals surface area (Å²) in [6, 6.07) is 9.08. The SMILES string of the molecule is CCOC(=O)c1sc(NC(=O)[C@@H]2COc3ccccc3O2)c(C#N)c1C. The quantitative estimate of drug-likeness (QED) is 0.829. The van der Waals surface area contributed by atoms with E-state index in [1.807, 2.05) is 12.1 Å². The van der Waals surface area contributed by atoms with Gasteiger partial charge in [0.2, 0.25) is 6.10 Å². The first-order valence-corrected chi connectivity index (χ1v) is 8.76. The lowest BCUT2D eigenvalue weighted by Gasteiger charge is -2.25. The number of rotatable bonds is 4. The van der Waals surface area contributed by atoms with Crippen molar-refractivity contribution in [2.75, 3.05) is 18.5 Å². The van der Waals surface area contributed by atoms with Crippen molar-refractivity contribution in [2.24, 2.45) is 0 Å². The molecule has 134 valence electrons. The van der Waals surface area contributed by atoms with Gasteiger partial charge in [-0.05, 0) is 31.5 Å². The average molecular weight is 372 g/mol. The number of esters is 1. The monoisotopic (exact) mass is 372 g/mol. The molecule has 0 aliphatic carbocycles. The lowest BCUT2D eigenvalue weighted by Crippen LogP contribution is -2.40. The van der Waals surface area contributed by atoms with Crippen LogP contribution in [0.2, 0.25) is 0 Å². The Bertz CT molecular complexity index is 899. The number of fused-ring (bicyclic) bond motifs is 1. The zero-order valence-electron chi connectivity index (χ0n) is 14.2. The maximum absolute atomic E-state index is 12.5. The molecule has 0 saturated heterocycles. The lowest BCUT2D eigenvalue weighted by atomic mass is 10.1. The number of carbonyl (C=O) groups is 2.